The summed E-state index contributed by atoms with van der Waals surface area (Å²) < 4.78 is 7.55. The summed E-state index contributed by atoms with van der Waals surface area (Å²) in [5, 5.41) is 19.0. The van der Waals surface area contributed by atoms with E-state index < -0.39 is 11.6 Å². The number of benzene rings is 1. The van der Waals surface area contributed by atoms with E-state index in [-0.39, 0.29) is 5.91 Å². The molecule has 4 heterocycles. The minimum Gasteiger partial charge on any atom is -0.489 e. The Morgan fingerprint density at radius 2 is 2.20 bits per heavy atom. The van der Waals surface area contributed by atoms with E-state index in [0.29, 0.717) is 39.6 Å². The number of carbonyl (C=O) groups is 1. The fourth-order valence-corrected chi connectivity index (χ4v) is 5.06. The molecule has 2 aliphatic heterocycles. The number of rotatable bonds is 2. The third-order valence-corrected chi connectivity index (χ3v) is 6.79. The van der Waals surface area contributed by atoms with E-state index in [1.807, 2.05) is 24.2 Å². The summed E-state index contributed by atoms with van der Waals surface area (Å²) in [5.74, 6) is 0.432. The van der Waals surface area contributed by atoms with E-state index in [9.17, 15) is 9.90 Å². The van der Waals surface area contributed by atoms with Gasteiger partial charge in [0.05, 0.1) is 34.7 Å². The minimum absolute atomic E-state index is 0.218. The van der Waals surface area contributed by atoms with Gasteiger partial charge in [-0.3, -0.25) is 9.48 Å². The molecule has 30 heavy (non-hydrogen) atoms. The summed E-state index contributed by atoms with van der Waals surface area (Å²) in [4.78, 5) is 19.7. The van der Waals surface area contributed by atoms with Crippen LogP contribution in [0.4, 0.5) is 10.8 Å². The van der Waals surface area contributed by atoms with Gasteiger partial charge in [-0.15, -0.1) is 0 Å². The van der Waals surface area contributed by atoms with Gasteiger partial charge in [0.1, 0.15) is 23.3 Å². The molecule has 2 aromatic heterocycles. The topological polar surface area (TPSA) is 92.5 Å². The molecule has 8 nitrogen and oxygen atoms in total. The number of fused-ring (bicyclic) bond motifs is 2. The molecule has 1 aromatic carbocycles. The standard InChI is InChI=1S/C20H20ClN5O3S/c1-20(2)17(27)15-16(18(28)24-20)30-19(23-15)26-4-5-29-14-7-12(21)11(6-13(14)26)10-8-22-25(3)9-10/h6-9,17,27H,4-5H2,1-3H3,(H,24,28). The van der Waals surface area contributed by atoms with Crippen molar-refractivity contribution in [3.63, 3.8) is 0 Å². The van der Waals surface area contributed by atoms with Gasteiger partial charge in [-0.25, -0.2) is 4.98 Å². The zero-order chi connectivity index (χ0) is 21.2. The van der Waals surface area contributed by atoms with E-state index in [2.05, 4.69) is 15.4 Å². The highest BCUT2D eigenvalue weighted by Gasteiger charge is 2.42. The fourth-order valence-electron chi connectivity index (χ4n) is 3.76. The van der Waals surface area contributed by atoms with Crippen LogP contribution >= 0.6 is 22.9 Å². The summed E-state index contributed by atoms with van der Waals surface area (Å²) >= 11 is 7.78. The van der Waals surface area contributed by atoms with Crippen LogP contribution in [0.15, 0.2) is 24.5 Å². The quantitative estimate of drug-likeness (QED) is 0.628. The third-order valence-electron chi connectivity index (χ3n) is 5.39. The normalized spacial score (nSPS) is 19.7. The first-order valence-electron chi connectivity index (χ1n) is 9.49. The van der Waals surface area contributed by atoms with Crippen LogP contribution in [0.1, 0.15) is 35.3 Å². The number of aliphatic hydroxyl groups excluding tert-OH is 1. The second-order valence-electron chi connectivity index (χ2n) is 7.99. The van der Waals surface area contributed by atoms with E-state index in [1.165, 1.54) is 11.3 Å². The van der Waals surface area contributed by atoms with E-state index in [1.54, 1.807) is 30.8 Å². The number of hydrogen-bond acceptors (Lipinski definition) is 7. The van der Waals surface area contributed by atoms with E-state index in [4.69, 9.17) is 16.3 Å². The monoisotopic (exact) mass is 445 g/mol. The molecule has 1 amide bonds. The summed E-state index contributed by atoms with van der Waals surface area (Å²) in [6.45, 7) is 4.59. The summed E-state index contributed by atoms with van der Waals surface area (Å²) in [6, 6.07) is 3.75. The number of amides is 1. The molecule has 1 unspecified atom stereocenters. The van der Waals surface area contributed by atoms with Crippen LogP contribution in [0, 0.1) is 0 Å². The fraction of sp³-hybridized carbons (Fsp3) is 0.350. The Hall–Kier alpha value is -2.62. The van der Waals surface area contributed by atoms with Gasteiger partial charge in [0.2, 0.25) is 0 Å². The van der Waals surface area contributed by atoms with Crippen LogP contribution < -0.4 is 15.0 Å². The van der Waals surface area contributed by atoms with Gasteiger partial charge in [-0.05, 0) is 19.9 Å². The molecule has 0 aliphatic carbocycles. The highest BCUT2D eigenvalue weighted by Crippen LogP contribution is 2.46. The van der Waals surface area contributed by atoms with Crippen molar-refractivity contribution < 1.29 is 14.6 Å². The van der Waals surface area contributed by atoms with Crippen LogP contribution in [0.5, 0.6) is 5.75 Å². The Kier molecular flexibility index (Phi) is 4.32. The average molecular weight is 446 g/mol. The van der Waals surface area contributed by atoms with Gasteiger partial charge in [0, 0.05) is 30.4 Å². The van der Waals surface area contributed by atoms with Crippen molar-refractivity contribution in [1.82, 2.24) is 20.1 Å². The molecule has 0 spiro atoms. The number of nitrogens with zero attached hydrogens (tertiary/aromatic N) is 4. The lowest BCUT2D eigenvalue weighted by Gasteiger charge is -2.34. The maximum absolute atomic E-state index is 12.6. The summed E-state index contributed by atoms with van der Waals surface area (Å²) in [7, 11) is 1.85. The maximum atomic E-state index is 12.6. The molecule has 0 radical (unpaired) electrons. The van der Waals surface area contributed by atoms with Crippen LogP contribution in [-0.4, -0.2) is 44.5 Å². The van der Waals surface area contributed by atoms with Crippen LogP contribution in [0.3, 0.4) is 0 Å². The molecule has 10 heteroatoms. The van der Waals surface area contributed by atoms with Crippen LogP contribution in [0.2, 0.25) is 5.02 Å². The van der Waals surface area contributed by atoms with Crippen molar-refractivity contribution >= 4 is 39.7 Å². The van der Waals surface area contributed by atoms with Crippen molar-refractivity contribution in [3.8, 4) is 16.9 Å². The smallest absolute Gasteiger partial charge is 0.263 e. The number of thiazole rings is 1. The predicted molar refractivity (Wildman–Crippen MR) is 115 cm³/mol. The minimum atomic E-state index is -0.883. The first-order valence-corrected chi connectivity index (χ1v) is 10.7. The Balaban J connectivity index is 1.61. The van der Waals surface area contributed by atoms with E-state index >= 15 is 0 Å². The lowest BCUT2D eigenvalue weighted by atomic mass is 9.91. The highest BCUT2D eigenvalue weighted by molar-refractivity contribution is 7.17. The Morgan fingerprint density at radius 1 is 1.40 bits per heavy atom. The zero-order valence-corrected chi connectivity index (χ0v) is 18.2. The van der Waals surface area contributed by atoms with Crippen LogP contribution in [0.25, 0.3) is 11.1 Å². The molecule has 2 N–H and O–H groups in total. The zero-order valence-electron chi connectivity index (χ0n) is 16.6. The molecule has 0 fully saturated rings. The summed E-state index contributed by atoms with van der Waals surface area (Å²) in [5.41, 5.74) is 2.17. The first kappa shape index (κ1) is 19.3. The number of nitrogens with one attached hydrogen (secondary N) is 1. The lowest BCUT2D eigenvalue weighted by molar-refractivity contribution is 0.0533. The predicted octanol–water partition coefficient (Wildman–Crippen LogP) is 3.28. The number of anilines is 2. The molecular formula is C20H20ClN5O3S. The molecule has 5 rings (SSSR count). The largest absolute Gasteiger partial charge is 0.489 e. The molecular weight excluding hydrogens is 426 g/mol. The maximum Gasteiger partial charge on any atom is 0.263 e. The Bertz CT molecular complexity index is 1170. The van der Waals surface area contributed by atoms with Gasteiger partial charge < -0.3 is 20.1 Å². The Morgan fingerprint density at radius 3 is 2.93 bits per heavy atom. The van der Waals surface area contributed by atoms with Crippen molar-refractivity contribution in [3.05, 3.63) is 40.1 Å². The molecule has 0 bridgehead atoms. The molecule has 3 aromatic rings. The van der Waals surface area contributed by atoms with Crippen molar-refractivity contribution in [2.75, 3.05) is 18.1 Å². The number of carbonyl (C=O) groups excluding carboxylic acids is 1. The SMILES string of the molecule is Cn1cc(-c2cc3c(cc2Cl)OCCN3c2nc3c(s2)C(=O)NC(C)(C)C3O)cn1. The van der Waals surface area contributed by atoms with Gasteiger partial charge in [-0.1, -0.05) is 22.9 Å². The second kappa shape index (κ2) is 6.69. The average Bonchev–Trinajstić information content (AvgIpc) is 3.32. The number of aryl methyl sites for hydroxylation is 1. The highest BCUT2D eigenvalue weighted by atomic mass is 35.5. The molecule has 0 saturated carbocycles. The van der Waals surface area contributed by atoms with Crippen LogP contribution in [-0.2, 0) is 7.05 Å². The summed E-state index contributed by atoms with van der Waals surface area (Å²) in [6.07, 6.45) is 2.77. The number of aromatic nitrogens is 3. The number of ether oxygens (including phenoxy) is 1. The van der Waals surface area contributed by atoms with Crippen molar-refractivity contribution in [2.45, 2.75) is 25.5 Å². The number of hydrogen-bond donors (Lipinski definition) is 2. The van der Waals surface area contributed by atoms with Gasteiger partial charge in [0.15, 0.2) is 5.13 Å². The van der Waals surface area contributed by atoms with Gasteiger partial charge >= 0.3 is 0 Å². The molecule has 0 saturated heterocycles. The molecule has 1 atom stereocenters. The van der Waals surface area contributed by atoms with Crippen molar-refractivity contribution in [1.29, 1.82) is 0 Å². The first-order chi connectivity index (χ1) is 14.2. The second-order valence-corrected chi connectivity index (χ2v) is 9.38. The molecule has 156 valence electrons. The van der Waals surface area contributed by atoms with E-state index in [0.717, 1.165) is 16.8 Å². The Labute approximate surface area is 182 Å². The van der Waals surface area contributed by atoms with Gasteiger partial charge in [0.25, 0.3) is 5.91 Å². The number of aliphatic hydroxyl groups is 1. The lowest BCUT2D eigenvalue weighted by Crippen LogP contribution is -2.51. The van der Waals surface area contributed by atoms with Crippen molar-refractivity contribution in [2.24, 2.45) is 7.05 Å². The number of halogens is 1. The molecule has 2 aliphatic rings. The third kappa shape index (κ3) is 2.96. The van der Waals surface area contributed by atoms with Gasteiger partial charge in [-0.2, -0.15) is 5.10 Å².